The van der Waals surface area contributed by atoms with Crippen molar-refractivity contribution in [1.82, 2.24) is 29.9 Å². The van der Waals surface area contributed by atoms with Gasteiger partial charge in [-0.1, -0.05) is 36.4 Å². The zero-order valence-corrected chi connectivity index (χ0v) is 59.0. The van der Waals surface area contributed by atoms with Gasteiger partial charge in [-0.05, 0) is 147 Å². The van der Waals surface area contributed by atoms with E-state index in [1.54, 1.807) is 30.7 Å². The molecule has 4 fully saturated rings. The minimum Gasteiger partial charge on any atom is -0.399 e. The number of hydrogen-bond donors (Lipinski definition) is 5. The normalized spacial score (nSPS) is 15.2. The average Bonchev–Trinajstić information content (AvgIpc) is 1.74. The van der Waals surface area contributed by atoms with Crippen LogP contribution in [0.3, 0.4) is 0 Å². The first-order valence-corrected chi connectivity index (χ1v) is 39.0. The lowest BCUT2D eigenvalue weighted by molar-refractivity contribution is 0.122. The van der Waals surface area contributed by atoms with Crippen LogP contribution in [0, 0.1) is 0 Å². The lowest BCUT2D eigenvalue weighted by Gasteiger charge is -2.28. The fourth-order valence-corrected chi connectivity index (χ4v) is 14.7. The van der Waals surface area contributed by atoms with Gasteiger partial charge in [0.2, 0.25) is 46.9 Å². The van der Waals surface area contributed by atoms with Gasteiger partial charge in [-0.3, -0.25) is 9.03 Å². The lowest BCUT2D eigenvalue weighted by atomic mass is 10.1. The van der Waals surface area contributed by atoms with E-state index < -0.39 is 29.1 Å². The Kier molecular flexibility index (Phi) is 26.5. The molecule has 7 heterocycles. The quantitative estimate of drug-likeness (QED) is 0.0254. The van der Waals surface area contributed by atoms with Crippen LogP contribution in [0.2, 0.25) is 0 Å². The highest BCUT2D eigenvalue weighted by Crippen LogP contribution is 2.30. The van der Waals surface area contributed by atoms with Crippen molar-refractivity contribution in [3.8, 4) is 33.8 Å². The third kappa shape index (κ3) is 22.7. The molecule has 9 aromatic rings. The first-order valence-electron chi connectivity index (χ1n) is 32.2. The number of nitrogen functional groups attached to an aromatic ring is 1. The molecule has 4 aliphatic heterocycles. The third-order valence-corrected chi connectivity index (χ3v) is 20.8. The molecule has 0 amide bonds. The molecule has 0 atom stereocenters. The summed E-state index contributed by atoms with van der Waals surface area (Å²) in [6.45, 7) is 10.6. The molecule has 13 rings (SSSR count). The summed E-state index contributed by atoms with van der Waals surface area (Å²) < 4.78 is 88.8. The van der Waals surface area contributed by atoms with Crippen molar-refractivity contribution in [3.63, 3.8) is 0 Å². The summed E-state index contributed by atoms with van der Waals surface area (Å²) in [5, 5.41) is 9.76. The molecule has 0 aliphatic carbocycles. The Labute approximate surface area is 592 Å². The molecule has 0 bridgehead atoms. The molecule has 30 heteroatoms. The highest BCUT2D eigenvalue weighted by atomic mass is 35.7. The first kappa shape index (κ1) is 73.1. The number of hydrogen-bond acceptors (Lipinski definition) is 22. The molecule has 4 saturated heterocycles. The molecule has 0 radical (unpaired) electrons. The van der Waals surface area contributed by atoms with Gasteiger partial charge in [-0.25, -0.2) is 55.2 Å². The van der Waals surface area contributed by atoms with Gasteiger partial charge in [-0.2, -0.15) is 0 Å². The van der Waals surface area contributed by atoms with Crippen LogP contribution in [0.25, 0.3) is 33.8 Å². The van der Waals surface area contributed by atoms with E-state index in [2.05, 4.69) is 102 Å². The van der Waals surface area contributed by atoms with E-state index in [4.69, 9.17) is 53.8 Å². The Bertz CT molecular complexity index is 4360. The number of alkyl halides is 2. The summed E-state index contributed by atoms with van der Waals surface area (Å²) in [4.78, 5) is 33.7. The van der Waals surface area contributed by atoms with E-state index in [-0.39, 0.29) is 17.3 Å². The minimum atomic E-state index is -3.41. The number of halogens is 3. The summed E-state index contributed by atoms with van der Waals surface area (Å²) in [6.07, 6.45) is 6.65. The predicted molar refractivity (Wildman–Crippen MR) is 399 cm³/mol. The van der Waals surface area contributed by atoms with Crippen LogP contribution in [0.15, 0.2) is 182 Å². The maximum absolute atomic E-state index is 12.1. The number of aromatic nitrogens is 6. The summed E-state index contributed by atoms with van der Waals surface area (Å²) in [5.41, 5.74) is 19.1. The molecule has 24 nitrogen and oxygen atoms in total. The number of nitrogens with zero attached hydrogens (tertiary/aromatic N) is 10. The minimum absolute atomic E-state index is 0.00732. The topological polar surface area (TPSA) is 295 Å². The highest BCUT2D eigenvalue weighted by molar-refractivity contribution is 8.13. The number of morpholine rings is 3. The molecule has 3 aromatic heterocycles. The van der Waals surface area contributed by atoms with E-state index in [0.717, 1.165) is 141 Å². The highest BCUT2D eigenvalue weighted by Gasteiger charge is 2.28. The molecule has 0 spiro atoms. The SMILES string of the molecule is Nc1ccc(-c2ccnc(Nc3ccc(N4CCOCC4)cc3)n2)cc1.O=S(=O)(CCCCl)Nc1ccc(-c2ccnc(Nc3ccc(N4CCOCC4)cc3)n2)cc1.O=S(=O)(Cl)CCCCl.O=S1(=O)CCCN1c1ccc(-c2ccnc(Nc3ccc(N4CCOCC4)cc3)n2)cc1. The van der Waals surface area contributed by atoms with E-state index in [1.807, 2.05) is 115 Å². The van der Waals surface area contributed by atoms with Crippen LogP contribution in [0.1, 0.15) is 19.3 Å². The van der Waals surface area contributed by atoms with E-state index in [0.29, 0.717) is 66.8 Å². The molecule has 0 unspecified atom stereocenters. The van der Waals surface area contributed by atoms with E-state index in [1.165, 1.54) is 15.7 Å². The van der Waals surface area contributed by atoms with Gasteiger partial charge in [0.1, 0.15) is 0 Å². The molecule has 6 aromatic carbocycles. The fraction of sp³-hybridized carbons (Fsp3) is 0.304. The zero-order chi connectivity index (χ0) is 69.5. The molecular weight excluding hydrogens is 1390 g/mol. The van der Waals surface area contributed by atoms with Gasteiger partial charge in [0.15, 0.2) is 0 Å². The van der Waals surface area contributed by atoms with Gasteiger partial charge in [0.05, 0.1) is 79.7 Å². The van der Waals surface area contributed by atoms with Crippen LogP contribution in [-0.4, -0.2) is 170 Å². The van der Waals surface area contributed by atoms with Gasteiger partial charge in [0.25, 0.3) is 0 Å². The van der Waals surface area contributed by atoms with Crippen LogP contribution in [0.5, 0.6) is 0 Å². The van der Waals surface area contributed by atoms with Crippen molar-refractivity contribution in [2.24, 2.45) is 0 Å². The first-order chi connectivity index (χ1) is 47.9. The van der Waals surface area contributed by atoms with Gasteiger partial charge in [0, 0.05) is 149 Å². The second-order valence-corrected chi connectivity index (χ2v) is 30.4. The van der Waals surface area contributed by atoms with Crippen LogP contribution >= 0.6 is 33.9 Å². The monoisotopic (exact) mass is 1460 g/mol. The summed E-state index contributed by atoms with van der Waals surface area (Å²) in [6, 6.07) is 52.4. The van der Waals surface area contributed by atoms with Crippen LogP contribution in [0.4, 0.5) is 69.0 Å². The molecule has 0 saturated carbocycles. The fourth-order valence-electron chi connectivity index (χ4n) is 10.7. The Hall–Kier alpha value is -8.64. The second kappa shape index (κ2) is 35.9. The van der Waals surface area contributed by atoms with Crippen molar-refractivity contribution in [2.75, 3.05) is 160 Å². The Balaban J connectivity index is 0.000000153. The number of rotatable bonds is 21. The summed E-state index contributed by atoms with van der Waals surface area (Å²) >= 11 is 10.8. The van der Waals surface area contributed by atoms with E-state index in [9.17, 15) is 25.3 Å². The number of benzene rings is 6. The average molecular weight is 1460 g/mol. The van der Waals surface area contributed by atoms with Crippen molar-refractivity contribution >= 4 is 132 Å². The Morgan fingerprint density at radius 3 is 1.10 bits per heavy atom. The van der Waals surface area contributed by atoms with Gasteiger partial charge >= 0.3 is 0 Å². The second-order valence-electron chi connectivity index (χ2n) is 22.8. The number of anilines is 12. The predicted octanol–water partition coefficient (Wildman–Crippen LogP) is 11.8. The summed E-state index contributed by atoms with van der Waals surface area (Å²) in [7, 11) is -5.06. The zero-order valence-electron chi connectivity index (χ0n) is 54.3. The maximum atomic E-state index is 12.1. The Morgan fingerprint density at radius 1 is 0.434 bits per heavy atom. The van der Waals surface area contributed by atoms with Crippen molar-refractivity contribution in [2.45, 2.75) is 19.3 Å². The van der Waals surface area contributed by atoms with Gasteiger partial charge < -0.3 is 50.6 Å². The Morgan fingerprint density at radius 2 is 0.768 bits per heavy atom. The van der Waals surface area contributed by atoms with Crippen molar-refractivity contribution < 1.29 is 39.5 Å². The molecule has 6 N–H and O–H groups in total. The van der Waals surface area contributed by atoms with Gasteiger partial charge in [-0.15, -0.1) is 23.2 Å². The number of nitrogens with one attached hydrogen (secondary N) is 4. The van der Waals surface area contributed by atoms with Crippen molar-refractivity contribution in [1.29, 1.82) is 0 Å². The van der Waals surface area contributed by atoms with Crippen LogP contribution < -0.4 is 45.4 Å². The smallest absolute Gasteiger partial charge is 0.235 e. The number of ether oxygens (including phenoxy) is 3. The molecule has 99 heavy (non-hydrogen) atoms. The maximum Gasteiger partial charge on any atom is 0.235 e. The van der Waals surface area contributed by atoms with E-state index >= 15 is 0 Å². The molecular formula is C69H78Cl3N15O9S3. The third-order valence-electron chi connectivity index (χ3n) is 15.7. The lowest BCUT2D eigenvalue weighted by Crippen LogP contribution is -2.36. The summed E-state index contributed by atoms with van der Waals surface area (Å²) in [5.74, 6) is 2.38. The van der Waals surface area contributed by atoms with Crippen molar-refractivity contribution in [3.05, 3.63) is 182 Å². The number of nitrogens with two attached hydrogens (primary N) is 1. The standard InChI is InChI=1S/C23H26ClN5O3S.C23H25N5O3S.C20H21N5O.C3H6Cl2O2S/c24-11-1-17-33(30,31)28-20-4-2-18(3-5-20)22-10-12-25-23(27-22)26-19-6-8-21(9-7-19)29-13-15-32-16-14-29;29-32(30)17-1-12-28(32)21-6-2-18(3-7-21)22-10-11-24-23(26-22)25-19-4-8-20(9-5-19)27-13-15-31-16-14-27;21-16-3-1-15(2-4-16)19-9-10-22-20(24-19)23-17-5-7-18(8-6-17)25-11-13-26-14-12-25;4-2-1-3-8(5,6)7/h2-10,12,28H,1,11,13-17H2,(H,25,26,27);2-11H,1,12-17H2,(H,24,25,26);1-10H,11-14,21H2,(H,22,23,24);1-3H2. The molecule has 4 aliphatic rings. The van der Waals surface area contributed by atoms with Crippen LogP contribution in [-0.2, 0) is 43.3 Å². The largest absolute Gasteiger partial charge is 0.399 e. The molecule has 522 valence electrons. The number of sulfonamides is 2.